The number of carbonyl (C=O) groups excluding carboxylic acids is 1. The molecule has 1 atom stereocenters. The zero-order valence-corrected chi connectivity index (χ0v) is 16.9. The first kappa shape index (κ1) is 19.3. The molecule has 0 radical (unpaired) electrons. The van der Waals surface area contributed by atoms with Crippen molar-refractivity contribution in [3.05, 3.63) is 77.6 Å². The lowest BCUT2D eigenvalue weighted by atomic mass is 10.0. The second kappa shape index (κ2) is 9.01. The zero-order chi connectivity index (χ0) is 20.1. The van der Waals surface area contributed by atoms with Gasteiger partial charge in [-0.2, -0.15) is 0 Å². The number of hydrogen-bond acceptors (Lipinski definition) is 5. The molecule has 2 aliphatic rings. The van der Waals surface area contributed by atoms with Gasteiger partial charge in [-0.15, -0.1) is 0 Å². The van der Waals surface area contributed by atoms with Crippen LogP contribution in [0.4, 0.5) is 5.69 Å². The standard InChI is InChI=1S/C23H29N5O/c1-24-21(13-18-7-3-2-4-8-18)23(29)28-12-11-27(16-20-14-25-17-26-20)22-10-6-5-9-19(22)15-28/h2-10,14,21,24-26H,11-13,15-17H2,1H3/t21-/m0/s1. The molecular formula is C23H29N5O. The molecule has 0 saturated carbocycles. The molecule has 0 fully saturated rings. The third-order valence-corrected chi connectivity index (χ3v) is 5.63. The van der Waals surface area contributed by atoms with E-state index in [1.807, 2.05) is 36.3 Å². The Hall–Kier alpha value is -2.99. The Labute approximate surface area is 172 Å². The van der Waals surface area contributed by atoms with Crippen LogP contribution in [0.15, 0.2) is 66.5 Å². The van der Waals surface area contributed by atoms with E-state index in [4.69, 9.17) is 0 Å². The lowest BCUT2D eigenvalue weighted by Gasteiger charge is -2.27. The van der Waals surface area contributed by atoms with Gasteiger partial charge in [0.1, 0.15) is 0 Å². The van der Waals surface area contributed by atoms with Crippen LogP contribution >= 0.6 is 0 Å². The van der Waals surface area contributed by atoms with Crippen LogP contribution in [0.3, 0.4) is 0 Å². The molecule has 6 nitrogen and oxygen atoms in total. The Bertz CT molecular complexity index is 867. The lowest BCUT2D eigenvalue weighted by molar-refractivity contribution is -0.133. The van der Waals surface area contributed by atoms with Gasteiger partial charge in [0.25, 0.3) is 0 Å². The van der Waals surface area contributed by atoms with Gasteiger partial charge in [-0.1, -0.05) is 48.5 Å². The van der Waals surface area contributed by atoms with E-state index in [2.05, 4.69) is 57.2 Å². The van der Waals surface area contributed by atoms with Gasteiger partial charge in [-0.3, -0.25) is 4.79 Å². The fourth-order valence-corrected chi connectivity index (χ4v) is 4.03. The van der Waals surface area contributed by atoms with Crippen molar-refractivity contribution in [2.24, 2.45) is 0 Å². The molecule has 0 unspecified atom stereocenters. The van der Waals surface area contributed by atoms with Crippen LogP contribution in [0.1, 0.15) is 11.1 Å². The number of nitrogens with one attached hydrogen (secondary N) is 3. The number of anilines is 1. The quantitative estimate of drug-likeness (QED) is 0.699. The highest BCUT2D eigenvalue weighted by Crippen LogP contribution is 2.26. The minimum Gasteiger partial charge on any atom is -0.372 e. The van der Waals surface area contributed by atoms with E-state index >= 15 is 0 Å². The smallest absolute Gasteiger partial charge is 0.240 e. The van der Waals surface area contributed by atoms with Crippen LogP contribution in [0.25, 0.3) is 0 Å². The van der Waals surface area contributed by atoms with E-state index in [-0.39, 0.29) is 11.9 Å². The average molecular weight is 392 g/mol. The molecule has 0 saturated heterocycles. The highest BCUT2D eigenvalue weighted by molar-refractivity contribution is 5.82. The van der Waals surface area contributed by atoms with Crippen molar-refractivity contribution in [1.29, 1.82) is 0 Å². The second-order valence-corrected chi connectivity index (χ2v) is 7.57. The number of para-hydroxylation sites is 1. The summed E-state index contributed by atoms with van der Waals surface area (Å²) in [5, 5.41) is 9.79. The SMILES string of the molecule is CN[C@@H](Cc1ccccc1)C(=O)N1CCN(CC2=CNCN2)c2ccccc2C1. The molecule has 29 heavy (non-hydrogen) atoms. The molecule has 4 rings (SSSR count). The van der Waals surface area contributed by atoms with E-state index in [9.17, 15) is 4.79 Å². The molecule has 0 aromatic heterocycles. The summed E-state index contributed by atoms with van der Waals surface area (Å²) in [5.74, 6) is 0.160. The summed E-state index contributed by atoms with van der Waals surface area (Å²) in [4.78, 5) is 17.7. The highest BCUT2D eigenvalue weighted by Gasteiger charge is 2.28. The molecule has 2 aromatic carbocycles. The van der Waals surface area contributed by atoms with Crippen molar-refractivity contribution >= 4 is 11.6 Å². The molecule has 2 aliphatic heterocycles. The number of hydrogen-bond donors (Lipinski definition) is 3. The van der Waals surface area contributed by atoms with E-state index in [0.29, 0.717) is 19.5 Å². The van der Waals surface area contributed by atoms with E-state index < -0.39 is 0 Å². The summed E-state index contributed by atoms with van der Waals surface area (Å²) in [5.41, 5.74) is 4.75. The largest absolute Gasteiger partial charge is 0.372 e. The first-order valence-corrected chi connectivity index (χ1v) is 10.2. The maximum Gasteiger partial charge on any atom is 0.240 e. The number of rotatable bonds is 6. The Morgan fingerprint density at radius 2 is 1.90 bits per heavy atom. The van der Waals surface area contributed by atoms with Gasteiger partial charge < -0.3 is 25.8 Å². The van der Waals surface area contributed by atoms with Crippen molar-refractivity contribution in [3.8, 4) is 0 Å². The molecule has 0 bridgehead atoms. The molecule has 6 heteroatoms. The van der Waals surface area contributed by atoms with Gasteiger partial charge in [-0.25, -0.2) is 0 Å². The molecule has 1 amide bonds. The average Bonchev–Trinajstić information content (AvgIpc) is 3.20. The summed E-state index contributed by atoms with van der Waals surface area (Å²) >= 11 is 0. The van der Waals surface area contributed by atoms with Crippen LogP contribution in [0, 0.1) is 0 Å². The van der Waals surface area contributed by atoms with Gasteiger partial charge in [0.05, 0.1) is 19.3 Å². The molecule has 0 spiro atoms. The number of nitrogens with zero attached hydrogens (tertiary/aromatic N) is 2. The van der Waals surface area contributed by atoms with Gasteiger partial charge in [0, 0.05) is 37.2 Å². The number of benzene rings is 2. The van der Waals surface area contributed by atoms with Crippen molar-refractivity contribution in [2.75, 3.05) is 38.3 Å². The van der Waals surface area contributed by atoms with Crippen molar-refractivity contribution < 1.29 is 4.79 Å². The zero-order valence-electron chi connectivity index (χ0n) is 16.9. The lowest BCUT2D eigenvalue weighted by Crippen LogP contribution is -2.47. The monoisotopic (exact) mass is 391 g/mol. The van der Waals surface area contributed by atoms with Crippen molar-refractivity contribution in [2.45, 2.75) is 19.0 Å². The maximum absolute atomic E-state index is 13.4. The summed E-state index contributed by atoms with van der Waals surface area (Å²) in [6, 6.07) is 18.4. The normalized spacial score (nSPS) is 16.9. The Morgan fingerprint density at radius 1 is 1.10 bits per heavy atom. The number of likely N-dealkylation sites (N-methyl/N-ethyl adjacent to an activating group) is 1. The summed E-state index contributed by atoms with van der Waals surface area (Å²) in [7, 11) is 1.87. The topological polar surface area (TPSA) is 59.6 Å². The van der Waals surface area contributed by atoms with Crippen LogP contribution < -0.4 is 20.9 Å². The molecular weight excluding hydrogens is 362 g/mol. The third-order valence-electron chi connectivity index (χ3n) is 5.63. The van der Waals surface area contributed by atoms with E-state index in [1.54, 1.807) is 0 Å². The van der Waals surface area contributed by atoms with E-state index in [0.717, 1.165) is 19.8 Å². The number of amides is 1. The van der Waals surface area contributed by atoms with Crippen molar-refractivity contribution in [3.63, 3.8) is 0 Å². The molecule has 2 heterocycles. The van der Waals surface area contributed by atoms with Crippen molar-refractivity contribution in [1.82, 2.24) is 20.9 Å². The predicted octanol–water partition coefficient (Wildman–Crippen LogP) is 1.66. The van der Waals surface area contributed by atoms with Crippen LogP contribution in [-0.2, 0) is 17.8 Å². The van der Waals surface area contributed by atoms with E-state index in [1.165, 1.54) is 22.5 Å². The molecule has 152 valence electrons. The van der Waals surface area contributed by atoms with Gasteiger partial charge >= 0.3 is 0 Å². The highest BCUT2D eigenvalue weighted by atomic mass is 16.2. The van der Waals surface area contributed by atoms with Crippen LogP contribution in [-0.4, -0.2) is 50.2 Å². The summed E-state index contributed by atoms with van der Waals surface area (Å²) < 4.78 is 0. The fourth-order valence-electron chi connectivity index (χ4n) is 4.03. The van der Waals surface area contributed by atoms with Crippen LogP contribution in [0.5, 0.6) is 0 Å². The minimum atomic E-state index is -0.223. The maximum atomic E-state index is 13.4. The van der Waals surface area contributed by atoms with Gasteiger partial charge in [0.2, 0.25) is 5.91 Å². The first-order valence-electron chi connectivity index (χ1n) is 10.2. The molecule has 0 aliphatic carbocycles. The third kappa shape index (κ3) is 4.54. The van der Waals surface area contributed by atoms with Gasteiger partial charge in [-0.05, 0) is 30.7 Å². The molecule has 2 aromatic rings. The predicted molar refractivity (Wildman–Crippen MR) is 116 cm³/mol. The van der Waals surface area contributed by atoms with Gasteiger partial charge in [0.15, 0.2) is 0 Å². The second-order valence-electron chi connectivity index (χ2n) is 7.57. The Kier molecular flexibility index (Phi) is 6.00. The Morgan fingerprint density at radius 3 is 2.66 bits per heavy atom. The number of fused-ring (bicyclic) bond motifs is 1. The number of carbonyl (C=O) groups is 1. The molecule has 3 N–H and O–H groups in total. The Balaban J connectivity index is 1.51. The van der Waals surface area contributed by atoms with Crippen LogP contribution in [0.2, 0.25) is 0 Å². The fraction of sp³-hybridized carbons (Fsp3) is 0.348. The summed E-state index contributed by atoms with van der Waals surface area (Å²) in [6.07, 6.45) is 2.73. The minimum absolute atomic E-state index is 0.160. The first-order chi connectivity index (χ1) is 14.2. The summed E-state index contributed by atoms with van der Waals surface area (Å²) in [6.45, 7) is 3.75.